The Hall–Kier alpha value is -1.10. The van der Waals surface area contributed by atoms with E-state index in [1.54, 1.807) is 11.9 Å². The molecule has 0 spiro atoms. The topological polar surface area (TPSA) is 61.4 Å². The summed E-state index contributed by atoms with van der Waals surface area (Å²) in [6.07, 6.45) is 3.77. The molecule has 1 aliphatic rings. The van der Waals surface area contributed by atoms with Crippen molar-refractivity contribution in [2.45, 2.75) is 51.6 Å². The van der Waals surface area contributed by atoms with Crippen LogP contribution in [0.5, 0.6) is 0 Å². The molecule has 0 aromatic rings. The quantitative estimate of drug-likeness (QED) is 0.752. The predicted octanol–water partition coefficient (Wildman–Crippen LogP) is 0.502. The van der Waals surface area contributed by atoms with Gasteiger partial charge in [-0.1, -0.05) is 6.92 Å². The summed E-state index contributed by atoms with van der Waals surface area (Å²) in [6, 6.07) is 0.0483. The summed E-state index contributed by atoms with van der Waals surface area (Å²) >= 11 is 0. The summed E-state index contributed by atoms with van der Waals surface area (Å²) < 4.78 is 0. The average molecular weight is 255 g/mol. The van der Waals surface area contributed by atoms with Crippen LogP contribution < -0.4 is 10.6 Å². The van der Waals surface area contributed by atoms with Crippen LogP contribution in [0.3, 0.4) is 0 Å². The van der Waals surface area contributed by atoms with E-state index >= 15 is 0 Å². The smallest absolute Gasteiger partial charge is 0.242 e. The minimum absolute atomic E-state index is 0.0311. The van der Waals surface area contributed by atoms with E-state index in [1.165, 1.54) is 0 Å². The highest BCUT2D eigenvalue weighted by atomic mass is 16.2. The molecule has 2 atom stereocenters. The first-order valence-electron chi connectivity index (χ1n) is 6.84. The molecule has 1 heterocycles. The summed E-state index contributed by atoms with van der Waals surface area (Å²) in [4.78, 5) is 25.6. The van der Waals surface area contributed by atoms with Gasteiger partial charge >= 0.3 is 0 Å². The first-order chi connectivity index (χ1) is 8.60. The van der Waals surface area contributed by atoms with E-state index in [0.717, 1.165) is 25.7 Å². The molecule has 0 aliphatic carbocycles. The number of carbonyl (C=O) groups excluding carboxylic acids is 2. The molecule has 0 aromatic carbocycles. The normalized spacial score (nSPS) is 21.5. The Balaban J connectivity index is 2.54. The molecule has 2 N–H and O–H groups in total. The van der Waals surface area contributed by atoms with Crippen LogP contribution in [-0.2, 0) is 9.59 Å². The number of likely N-dealkylation sites (tertiary alicyclic amines) is 1. The van der Waals surface area contributed by atoms with Gasteiger partial charge in [-0.05, 0) is 32.6 Å². The molecule has 0 aromatic heterocycles. The first-order valence-corrected chi connectivity index (χ1v) is 6.84. The SMILES string of the molecule is CCC(C)NCC(=O)N1CCCCC1C(=O)NC. The van der Waals surface area contributed by atoms with Crippen molar-refractivity contribution < 1.29 is 9.59 Å². The maximum atomic E-state index is 12.1. The van der Waals surface area contributed by atoms with Gasteiger partial charge in [0.1, 0.15) is 6.04 Å². The van der Waals surface area contributed by atoms with Crippen molar-refractivity contribution >= 4 is 11.8 Å². The second kappa shape index (κ2) is 7.36. The van der Waals surface area contributed by atoms with Gasteiger partial charge in [-0.2, -0.15) is 0 Å². The Morgan fingerprint density at radius 1 is 1.39 bits per heavy atom. The molecular formula is C13H25N3O2. The van der Waals surface area contributed by atoms with Crippen molar-refractivity contribution in [1.29, 1.82) is 0 Å². The fraction of sp³-hybridized carbons (Fsp3) is 0.846. The van der Waals surface area contributed by atoms with Crippen molar-refractivity contribution in [2.24, 2.45) is 0 Å². The van der Waals surface area contributed by atoms with Crippen LogP contribution in [0.2, 0.25) is 0 Å². The predicted molar refractivity (Wildman–Crippen MR) is 71.2 cm³/mol. The zero-order chi connectivity index (χ0) is 13.5. The van der Waals surface area contributed by atoms with E-state index in [9.17, 15) is 9.59 Å². The largest absolute Gasteiger partial charge is 0.357 e. The Kier molecular flexibility index (Phi) is 6.12. The third kappa shape index (κ3) is 3.98. The van der Waals surface area contributed by atoms with E-state index in [2.05, 4.69) is 24.5 Å². The summed E-state index contributed by atoms with van der Waals surface area (Å²) in [6.45, 7) is 5.15. The zero-order valence-electron chi connectivity index (χ0n) is 11.7. The third-order valence-corrected chi connectivity index (χ3v) is 3.59. The lowest BCUT2D eigenvalue weighted by Gasteiger charge is -2.34. The number of nitrogens with zero attached hydrogens (tertiary/aromatic N) is 1. The molecule has 0 bridgehead atoms. The van der Waals surface area contributed by atoms with Crippen LogP contribution in [0.4, 0.5) is 0 Å². The monoisotopic (exact) mass is 255 g/mol. The van der Waals surface area contributed by atoms with Crippen molar-refractivity contribution in [3.05, 3.63) is 0 Å². The fourth-order valence-electron chi connectivity index (χ4n) is 2.18. The third-order valence-electron chi connectivity index (χ3n) is 3.59. The fourth-order valence-corrected chi connectivity index (χ4v) is 2.18. The van der Waals surface area contributed by atoms with Crippen molar-refractivity contribution in [1.82, 2.24) is 15.5 Å². The summed E-state index contributed by atoms with van der Waals surface area (Å²) in [7, 11) is 1.62. The molecule has 1 aliphatic heterocycles. The lowest BCUT2D eigenvalue weighted by atomic mass is 10.0. The standard InChI is InChI=1S/C13H25N3O2/c1-4-10(2)15-9-12(17)16-8-6-5-7-11(16)13(18)14-3/h10-11,15H,4-9H2,1-3H3,(H,14,18). The number of piperidine rings is 1. The van der Waals surface area contributed by atoms with Crippen LogP contribution in [0.25, 0.3) is 0 Å². The molecule has 1 rings (SSSR count). The Morgan fingerprint density at radius 3 is 2.72 bits per heavy atom. The van der Waals surface area contributed by atoms with Crippen LogP contribution in [0, 0.1) is 0 Å². The lowest BCUT2D eigenvalue weighted by molar-refractivity contribution is -0.141. The Bertz CT molecular complexity index is 294. The van der Waals surface area contributed by atoms with Gasteiger partial charge in [-0.25, -0.2) is 0 Å². The second-order valence-electron chi connectivity index (χ2n) is 4.90. The maximum Gasteiger partial charge on any atom is 0.242 e. The number of nitrogens with one attached hydrogen (secondary N) is 2. The molecule has 5 nitrogen and oxygen atoms in total. The highest BCUT2D eigenvalue weighted by molar-refractivity contribution is 5.88. The molecule has 104 valence electrons. The average Bonchev–Trinajstić information content (AvgIpc) is 2.43. The number of rotatable bonds is 5. The highest BCUT2D eigenvalue weighted by Gasteiger charge is 2.31. The molecule has 1 saturated heterocycles. The van der Waals surface area contributed by atoms with Crippen LogP contribution in [-0.4, -0.2) is 48.9 Å². The highest BCUT2D eigenvalue weighted by Crippen LogP contribution is 2.17. The molecule has 1 fully saturated rings. The molecule has 18 heavy (non-hydrogen) atoms. The van der Waals surface area contributed by atoms with E-state index in [0.29, 0.717) is 19.1 Å². The minimum Gasteiger partial charge on any atom is -0.357 e. The van der Waals surface area contributed by atoms with Gasteiger partial charge in [0, 0.05) is 19.6 Å². The zero-order valence-corrected chi connectivity index (χ0v) is 11.7. The molecule has 2 unspecified atom stereocenters. The van der Waals surface area contributed by atoms with Gasteiger partial charge in [0.2, 0.25) is 11.8 Å². The Labute approximate surface area is 109 Å². The van der Waals surface area contributed by atoms with E-state index in [-0.39, 0.29) is 17.9 Å². The number of likely N-dealkylation sites (N-methyl/N-ethyl adjacent to an activating group) is 1. The van der Waals surface area contributed by atoms with Gasteiger partial charge < -0.3 is 15.5 Å². The van der Waals surface area contributed by atoms with E-state index in [4.69, 9.17) is 0 Å². The van der Waals surface area contributed by atoms with Crippen LogP contribution in [0.1, 0.15) is 39.5 Å². The number of carbonyl (C=O) groups is 2. The molecular weight excluding hydrogens is 230 g/mol. The summed E-state index contributed by atoms with van der Waals surface area (Å²) in [5.74, 6) is -0.0183. The van der Waals surface area contributed by atoms with E-state index in [1.807, 2.05) is 0 Å². The van der Waals surface area contributed by atoms with Crippen molar-refractivity contribution in [2.75, 3.05) is 20.1 Å². The van der Waals surface area contributed by atoms with Gasteiger partial charge in [-0.15, -0.1) is 0 Å². The summed E-state index contributed by atoms with van der Waals surface area (Å²) in [5.41, 5.74) is 0. The molecule has 5 heteroatoms. The van der Waals surface area contributed by atoms with Gasteiger partial charge in [-0.3, -0.25) is 9.59 Å². The number of hydrogen-bond donors (Lipinski definition) is 2. The first kappa shape index (κ1) is 15.0. The Morgan fingerprint density at radius 2 is 2.11 bits per heavy atom. The van der Waals surface area contributed by atoms with Gasteiger partial charge in [0.15, 0.2) is 0 Å². The molecule has 0 saturated carbocycles. The second-order valence-corrected chi connectivity index (χ2v) is 4.90. The summed E-state index contributed by atoms with van der Waals surface area (Å²) in [5, 5.41) is 5.83. The van der Waals surface area contributed by atoms with Gasteiger partial charge in [0.05, 0.1) is 6.54 Å². The van der Waals surface area contributed by atoms with Crippen LogP contribution >= 0.6 is 0 Å². The van der Waals surface area contributed by atoms with Gasteiger partial charge in [0.25, 0.3) is 0 Å². The lowest BCUT2D eigenvalue weighted by Crippen LogP contribution is -2.53. The van der Waals surface area contributed by atoms with E-state index < -0.39 is 0 Å². The molecule has 0 radical (unpaired) electrons. The number of amides is 2. The van der Waals surface area contributed by atoms with Crippen molar-refractivity contribution in [3.63, 3.8) is 0 Å². The van der Waals surface area contributed by atoms with Crippen molar-refractivity contribution in [3.8, 4) is 0 Å². The minimum atomic E-state index is -0.282. The number of hydrogen-bond acceptors (Lipinski definition) is 3. The molecule has 2 amide bonds. The van der Waals surface area contributed by atoms with Crippen LogP contribution in [0.15, 0.2) is 0 Å². The maximum absolute atomic E-state index is 12.1.